The summed E-state index contributed by atoms with van der Waals surface area (Å²) >= 11 is 0. The number of hydrogen-bond donors (Lipinski definition) is 0. The summed E-state index contributed by atoms with van der Waals surface area (Å²) in [4.78, 5) is 19.2. The molecule has 2 aliphatic heterocycles. The van der Waals surface area contributed by atoms with Crippen LogP contribution in [-0.2, 0) is 4.79 Å². The van der Waals surface area contributed by atoms with Gasteiger partial charge < -0.3 is 9.80 Å². The van der Waals surface area contributed by atoms with E-state index >= 15 is 0 Å². The average molecular weight is 299 g/mol. The van der Waals surface area contributed by atoms with Crippen molar-refractivity contribution in [3.05, 3.63) is 34.7 Å². The standard InChI is InChI=1S/C16H21N5O/c17-19-18-11-13-9-16(22)21(12-13)15-6-4-5-14(10-15)20-7-2-1-3-8-20/h4-6,10,13H,1-3,7-9,11-12H2. The molecular weight excluding hydrogens is 278 g/mol. The maximum atomic E-state index is 12.2. The van der Waals surface area contributed by atoms with E-state index in [0.717, 1.165) is 18.8 Å². The van der Waals surface area contributed by atoms with Gasteiger partial charge in [0.05, 0.1) is 0 Å². The molecule has 2 saturated heterocycles. The van der Waals surface area contributed by atoms with Crippen LogP contribution in [0.4, 0.5) is 11.4 Å². The number of anilines is 2. The number of piperidine rings is 1. The number of azide groups is 1. The lowest BCUT2D eigenvalue weighted by Gasteiger charge is -2.29. The zero-order valence-electron chi connectivity index (χ0n) is 12.7. The molecule has 6 nitrogen and oxygen atoms in total. The van der Waals surface area contributed by atoms with Crippen LogP contribution >= 0.6 is 0 Å². The van der Waals surface area contributed by atoms with Crippen molar-refractivity contribution in [2.24, 2.45) is 11.0 Å². The molecule has 6 heteroatoms. The highest BCUT2D eigenvalue weighted by molar-refractivity contribution is 5.96. The molecule has 0 bridgehead atoms. The lowest BCUT2D eigenvalue weighted by Crippen LogP contribution is -2.30. The maximum Gasteiger partial charge on any atom is 0.227 e. The van der Waals surface area contributed by atoms with Crippen molar-refractivity contribution < 1.29 is 4.79 Å². The Morgan fingerprint density at radius 2 is 2.00 bits per heavy atom. The molecule has 1 unspecified atom stereocenters. The Hall–Kier alpha value is -2.20. The molecule has 3 rings (SSSR count). The van der Waals surface area contributed by atoms with Gasteiger partial charge in [0.2, 0.25) is 5.91 Å². The number of nitrogens with zero attached hydrogens (tertiary/aromatic N) is 5. The molecular formula is C16H21N5O. The molecule has 0 aromatic heterocycles. The quantitative estimate of drug-likeness (QED) is 0.486. The third kappa shape index (κ3) is 3.17. The fourth-order valence-corrected chi connectivity index (χ4v) is 3.32. The summed E-state index contributed by atoms with van der Waals surface area (Å²) in [5, 5.41) is 3.60. The van der Waals surface area contributed by atoms with Gasteiger partial charge in [-0.15, -0.1) is 0 Å². The Morgan fingerprint density at radius 3 is 2.77 bits per heavy atom. The van der Waals surface area contributed by atoms with Crippen LogP contribution in [0.3, 0.4) is 0 Å². The number of rotatable bonds is 4. The van der Waals surface area contributed by atoms with Crippen LogP contribution in [0.15, 0.2) is 29.4 Å². The first-order chi connectivity index (χ1) is 10.8. The number of hydrogen-bond acceptors (Lipinski definition) is 3. The molecule has 1 amide bonds. The second-order valence-electron chi connectivity index (χ2n) is 6.06. The van der Waals surface area contributed by atoms with Crippen LogP contribution in [0.2, 0.25) is 0 Å². The van der Waals surface area contributed by atoms with Gasteiger partial charge in [0, 0.05) is 48.9 Å². The summed E-state index contributed by atoms with van der Waals surface area (Å²) in [6, 6.07) is 8.24. The summed E-state index contributed by atoms with van der Waals surface area (Å²) in [6.07, 6.45) is 4.25. The summed E-state index contributed by atoms with van der Waals surface area (Å²) < 4.78 is 0. The van der Waals surface area contributed by atoms with Crippen LogP contribution in [0.25, 0.3) is 10.4 Å². The zero-order chi connectivity index (χ0) is 15.4. The molecule has 1 atom stereocenters. The van der Waals surface area contributed by atoms with Crippen LogP contribution in [0.5, 0.6) is 0 Å². The molecule has 0 saturated carbocycles. The van der Waals surface area contributed by atoms with Crippen molar-refractivity contribution in [1.29, 1.82) is 0 Å². The van der Waals surface area contributed by atoms with Gasteiger partial charge in [-0.1, -0.05) is 11.2 Å². The van der Waals surface area contributed by atoms with Gasteiger partial charge in [-0.3, -0.25) is 4.79 Å². The van der Waals surface area contributed by atoms with Gasteiger partial charge >= 0.3 is 0 Å². The Labute approximate surface area is 130 Å². The fourth-order valence-electron chi connectivity index (χ4n) is 3.32. The number of carbonyl (C=O) groups is 1. The van der Waals surface area contributed by atoms with E-state index in [-0.39, 0.29) is 11.8 Å². The Balaban J connectivity index is 1.74. The fraction of sp³-hybridized carbons (Fsp3) is 0.562. The van der Waals surface area contributed by atoms with Gasteiger partial charge in [0.15, 0.2) is 0 Å². The van der Waals surface area contributed by atoms with Crippen LogP contribution < -0.4 is 9.80 Å². The van der Waals surface area contributed by atoms with E-state index in [1.54, 1.807) is 0 Å². The van der Waals surface area contributed by atoms with E-state index < -0.39 is 0 Å². The minimum atomic E-state index is 0.119. The highest BCUT2D eigenvalue weighted by Crippen LogP contribution is 2.29. The topological polar surface area (TPSA) is 72.3 Å². The maximum absolute atomic E-state index is 12.2. The molecule has 0 N–H and O–H groups in total. The average Bonchev–Trinajstić information content (AvgIpc) is 2.95. The first-order valence-corrected chi connectivity index (χ1v) is 7.94. The molecule has 0 spiro atoms. The molecule has 0 radical (unpaired) electrons. The lowest BCUT2D eigenvalue weighted by atomic mass is 10.1. The number of carbonyl (C=O) groups excluding carboxylic acids is 1. The number of benzene rings is 1. The normalized spacial score (nSPS) is 21.8. The van der Waals surface area contributed by atoms with E-state index in [1.807, 2.05) is 17.0 Å². The van der Waals surface area contributed by atoms with Gasteiger partial charge in [-0.25, -0.2) is 0 Å². The van der Waals surface area contributed by atoms with E-state index in [0.29, 0.717) is 19.5 Å². The first kappa shape index (κ1) is 14.7. The highest BCUT2D eigenvalue weighted by Gasteiger charge is 2.30. The van der Waals surface area contributed by atoms with Gasteiger partial charge in [-0.05, 0) is 48.9 Å². The van der Waals surface area contributed by atoms with E-state index in [1.165, 1.54) is 24.9 Å². The highest BCUT2D eigenvalue weighted by atomic mass is 16.2. The van der Waals surface area contributed by atoms with Crippen molar-refractivity contribution in [2.75, 3.05) is 36.0 Å². The summed E-state index contributed by atoms with van der Waals surface area (Å²) in [5.74, 6) is 0.246. The molecule has 1 aromatic rings. The molecule has 22 heavy (non-hydrogen) atoms. The van der Waals surface area contributed by atoms with E-state index in [9.17, 15) is 4.79 Å². The monoisotopic (exact) mass is 299 g/mol. The molecule has 116 valence electrons. The van der Waals surface area contributed by atoms with Crippen molar-refractivity contribution >= 4 is 17.3 Å². The second kappa shape index (κ2) is 6.71. The van der Waals surface area contributed by atoms with Crippen LogP contribution in [-0.4, -0.2) is 32.1 Å². The molecule has 2 heterocycles. The van der Waals surface area contributed by atoms with Crippen LogP contribution in [0.1, 0.15) is 25.7 Å². The minimum absolute atomic E-state index is 0.119. The van der Waals surface area contributed by atoms with Crippen LogP contribution in [0, 0.1) is 5.92 Å². The van der Waals surface area contributed by atoms with Gasteiger partial charge in [-0.2, -0.15) is 0 Å². The smallest absolute Gasteiger partial charge is 0.227 e. The number of amides is 1. The lowest BCUT2D eigenvalue weighted by molar-refractivity contribution is -0.117. The predicted molar refractivity (Wildman–Crippen MR) is 87.0 cm³/mol. The molecule has 2 fully saturated rings. The largest absolute Gasteiger partial charge is 0.371 e. The molecule has 0 aliphatic carbocycles. The van der Waals surface area contributed by atoms with Gasteiger partial charge in [0.1, 0.15) is 0 Å². The first-order valence-electron chi connectivity index (χ1n) is 7.94. The SMILES string of the molecule is [N-]=[N+]=NCC1CC(=O)N(c2cccc(N3CCCCC3)c2)C1. The molecule has 2 aliphatic rings. The van der Waals surface area contributed by atoms with Crippen molar-refractivity contribution in [3.8, 4) is 0 Å². The van der Waals surface area contributed by atoms with Gasteiger partial charge in [0.25, 0.3) is 0 Å². The van der Waals surface area contributed by atoms with E-state index in [2.05, 4.69) is 27.1 Å². The summed E-state index contributed by atoms with van der Waals surface area (Å²) in [7, 11) is 0. The zero-order valence-corrected chi connectivity index (χ0v) is 12.7. The summed E-state index contributed by atoms with van der Waals surface area (Å²) in [5.41, 5.74) is 10.6. The second-order valence-corrected chi connectivity index (χ2v) is 6.06. The minimum Gasteiger partial charge on any atom is -0.371 e. The Morgan fingerprint density at radius 1 is 1.23 bits per heavy atom. The molecule has 1 aromatic carbocycles. The van der Waals surface area contributed by atoms with Crippen molar-refractivity contribution in [1.82, 2.24) is 0 Å². The van der Waals surface area contributed by atoms with E-state index in [4.69, 9.17) is 5.53 Å². The van der Waals surface area contributed by atoms with Crippen molar-refractivity contribution in [3.63, 3.8) is 0 Å². The Kier molecular flexibility index (Phi) is 4.49. The third-order valence-corrected chi connectivity index (χ3v) is 4.47. The summed E-state index contributed by atoms with van der Waals surface area (Å²) in [6.45, 7) is 3.22. The Bertz CT molecular complexity index is 590. The predicted octanol–water partition coefficient (Wildman–Crippen LogP) is 3.34. The van der Waals surface area contributed by atoms with Crippen molar-refractivity contribution in [2.45, 2.75) is 25.7 Å². The third-order valence-electron chi connectivity index (χ3n) is 4.47.